The van der Waals surface area contributed by atoms with E-state index in [2.05, 4.69) is 20.8 Å². The summed E-state index contributed by atoms with van der Waals surface area (Å²) in [6.45, 7) is 6.85. The average Bonchev–Trinajstić information content (AvgIpc) is 2.47. The van der Waals surface area contributed by atoms with Crippen LogP contribution < -0.4 is 0 Å². The summed E-state index contributed by atoms with van der Waals surface area (Å²) < 4.78 is 0. The lowest BCUT2D eigenvalue weighted by atomic mass is 10.0. The highest BCUT2D eigenvalue weighted by atomic mass is 16.4. The first-order chi connectivity index (χ1) is 10.4. The number of aliphatic carboxylic acids is 2. The Balaban J connectivity index is 0. The summed E-state index contributed by atoms with van der Waals surface area (Å²) in [6.07, 6.45) is 11.4. The lowest BCUT2D eigenvalue weighted by molar-refractivity contribution is -0.138. The Morgan fingerprint density at radius 3 is 1.50 bits per heavy atom. The first-order valence-electron chi connectivity index (χ1n) is 8.87. The molecule has 4 heteroatoms. The minimum absolute atomic E-state index is 0.245. The molecule has 0 saturated carbocycles. The van der Waals surface area contributed by atoms with Crippen LogP contribution in [-0.4, -0.2) is 22.2 Å². The van der Waals surface area contributed by atoms with Crippen molar-refractivity contribution in [1.29, 1.82) is 0 Å². The standard InChI is InChI=1S/C10H18O4.C8H18/c11-9(12)7-5-3-1-2-4-6-8-10(13)14;1-4-6-7-8(3)5-2/h1-8H2,(H,11,12)(H,13,14);8H,4-7H2,1-3H3. The summed E-state index contributed by atoms with van der Waals surface area (Å²) in [5, 5.41) is 16.7. The zero-order chi connectivity index (χ0) is 17.2. The van der Waals surface area contributed by atoms with Crippen molar-refractivity contribution in [2.45, 2.75) is 97.8 Å². The van der Waals surface area contributed by atoms with Crippen molar-refractivity contribution in [3.05, 3.63) is 0 Å². The van der Waals surface area contributed by atoms with Crippen LogP contribution in [0.3, 0.4) is 0 Å². The van der Waals surface area contributed by atoms with Crippen LogP contribution in [0.15, 0.2) is 0 Å². The molecule has 0 rings (SSSR count). The molecule has 22 heavy (non-hydrogen) atoms. The summed E-state index contributed by atoms with van der Waals surface area (Å²) in [6, 6.07) is 0. The second-order valence-corrected chi connectivity index (χ2v) is 6.06. The lowest BCUT2D eigenvalue weighted by Crippen LogP contribution is -1.94. The highest BCUT2D eigenvalue weighted by Gasteiger charge is 1.98. The number of unbranched alkanes of at least 4 members (excludes halogenated alkanes) is 6. The maximum absolute atomic E-state index is 10.1. The van der Waals surface area contributed by atoms with E-state index in [1.54, 1.807) is 0 Å². The second kappa shape index (κ2) is 18.0. The highest BCUT2D eigenvalue weighted by molar-refractivity contribution is 5.66. The van der Waals surface area contributed by atoms with E-state index in [0.717, 1.165) is 44.4 Å². The molecule has 0 amide bonds. The molecule has 0 aromatic rings. The van der Waals surface area contributed by atoms with Crippen molar-refractivity contribution in [3.63, 3.8) is 0 Å². The molecule has 2 N–H and O–H groups in total. The number of rotatable bonds is 13. The van der Waals surface area contributed by atoms with Gasteiger partial charge in [0, 0.05) is 12.8 Å². The summed E-state index contributed by atoms with van der Waals surface area (Å²) in [4.78, 5) is 20.3. The quantitative estimate of drug-likeness (QED) is 0.440. The fourth-order valence-corrected chi connectivity index (χ4v) is 2.02. The van der Waals surface area contributed by atoms with Crippen LogP contribution in [0.4, 0.5) is 0 Å². The third kappa shape index (κ3) is 24.0. The number of hydrogen-bond donors (Lipinski definition) is 2. The molecule has 0 heterocycles. The van der Waals surface area contributed by atoms with Crippen LogP contribution in [-0.2, 0) is 9.59 Å². The van der Waals surface area contributed by atoms with Gasteiger partial charge in [0.05, 0.1) is 0 Å². The van der Waals surface area contributed by atoms with Crippen LogP contribution in [0.2, 0.25) is 0 Å². The predicted molar refractivity (Wildman–Crippen MR) is 91.2 cm³/mol. The number of carbonyl (C=O) groups is 2. The molecule has 0 aromatic carbocycles. The van der Waals surface area contributed by atoms with E-state index in [0.29, 0.717) is 0 Å². The molecule has 0 radical (unpaired) electrons. The average molecular weight is 316 g/mol. The normalized spacial score (nSPS) is 11.4. The van der Waals surface area contributed by atoms with Crippen LogP contribution >= 0.6 is 0 Å². The van der Waals surface area contributed by atoms with Gasteiger partial charge in [0.15, 0.2) is 0 Å². The maximum atomic E-state index is 10.1. The molecule has 0 aliphatic heterocycles. The Kier molecular flexibility index (Phi) is 19.0. The number of carboxylic acid groups (broad SMARTS) is 2. The molecule has 0 aliphatic rings. The van der Waals surface area contributed by atoms with E-state index in [1.807, 2.05) is 0 Å². The van der Waals surface area contributed by atoms with Crippen LogP contribution in [0.1, 0.15) is 97.8 Å². The van der Waals surface area contributed by atoms with Gasteiger partial charge in [-0.1, -0.05) is 72.1 Å². The van der Waals surface area contributed by atoms with E-state index in [4.69, 9.17) is 10.2 Å². The topological polar surface area (TPSA) is 74.6 Å². The maximum Gasteiger partial charge on any atom is 0.303 e. The number of carboxylic acids is 2. The Morgan fingerprint density at radius 2 is 1.18 bits per heavy atom. The SMILES string of the molecule is CCCCC(C)CC.O=C(O)CCCCCCCCC(=O)O. The molecule has 0 spiro atoms. The van der Waals surface area contributed by atoms with E-state index >= 15 is 0 Å². The van der Waals surface area contributed by atoms with Gasteiger partial charge in [-0.3, -0.25) is 9.59 Å². The third-order valence-electron chi connectivity index (χ3n) is 3.78. The molecular formula is C18H36O4. The molecule has 0 aliphatic carbocycles. The molecule has 0 aromatic heterocycles. The third-order valence-corrected chi connectivity index (χ3v) is 3.78. The van der Waals surface area contributed by atoms with E-state index in [1.165, 1.54) is 25.7 Å². The predicted octanol–water partition coefficient (Wildman–Crippen LogP) is 5.50. The Morgan fingerprint density at radius 1 is 0.773 bits per heavy atom. The summed E-state index contributed by atoms with van der Waals surface area (Å²) in [7, 11) is 0. The fraction of sp³-hybridized carbons (Fsp3) is 0.889. The van der Waals surface area contributed by atoms with Gasteiger partial charge >= 0.3 is 11.9 Å². The van der Waals surface area contributed by atoms with Crippen molar-refractivity contribution in [1.82, 2.24) is 0 Å². The Hall–Kier alpha value is -1.06. The Labute approximate surface area is 136 Å². The monoisotopic (exact) mass is 316 g/mol. The van der Waals surface area contributed by atoms with Gasteiger partial charge in [0.25, 0.3) is 0 Å². The van der Waals surface area contributed by atoms with Crippen molar-refractivity contribution < 1.29 is 19.8 Å². The molecular weight excluding hydrogens is 280 g/mol. The summed E-state index contributed by atoms with van der Waals surface area (Å²) in [5.74, 6) is -0.526. The van der Waals surface area contributed by atoms with Crippen molar-refractivity contribution in [2.75, 3.05) is 0 Å². The summed E-state index contributed by atoms with van der Waals surface area (Å²) >= 11 is 0. The van der Waals surface area contributed by atoms with Crippen molar-refractivity contribution in [2.24, 2.45) is 5.92 Å². The lowest BCUT2D eigenvalue weighted by Gasteiger charge is -2.04. The minimum Gasteiger partial charge on any atom is -0.481 e. The van der Waals surface area contributed by atoms with Gasteiger partial charge in [0.1, 0.15) is 0 Å². The molecule has 4 nitrogen and oxygen atoms in total. The van der Waals surface area contributed by atoms with Crippen molar-refractivity contribution in [3.8, 4) is 0 Å². The first kappa shape index (κ1) is 23.2. The zero-order valence-corrected chi connectivity index (χ0v) is 14.8. The molecule has 1 unspecified atom stereocenters. The fourth-order valence-electron chi connectivity index (χ4n) is 2.02. The van der Waals surface area contributed by atoms with Crippen LogP contribution in [0, 0.1) is 5.92 Å². The molecule has 1 atom stereocenters. The second-order valence-electron chi connectivity index (χ2n) is 6.06. The smallest absolute Gasteiger partial charge is 0.303 e. The van der Waals surface area contributed by atoms with E-state index in [-0.39, 0.29) is 12.8 Å². The zero-order valence-electron chi connectivity index (χ0n) is 14.8. The van der Waals surface area contributed by atoms with Gasteiger partial charge in [-0.15, -0.1) is 0 Å². The number of hydrogen-bond acceptors (Lipinski definition) is 2. The minimum atomic E-state index is -0.740. The largest absolute Gasteiger partial charge is 0.481 e. The van der Waals surface area contributed by atoms with E-state index in [9.17, 15) is 9.59 Å². The van der Waals surface area contributed by atoms with Gasteiger partial charge in [-0.05, 0) is 18.8 Å². The highest BCUT2D eigenvalue weighted by Crippen LogP contribution is 2.10. The van der Waals surface area contributed by atoms with Gasteiger partial charge in [0.2, 0.25) is 0 Å². The molecule has 0 bridgehead atoms. The van der Waals surface area contributed by atoms with Crippen LogP contribution in [0.25, 0.3) is 0 Å². The first-order valence-corrected chi connectivity index (χ1v) is 8.87. The van der Waals surface area contributed by atoms with Gasteiger partial charge < -0.3 is 10.2 Å². The molecule has 0 saturated heterocycles. The van der Waals surface area contributed by atoms with Gasteiger partial charge in [-0.25, -0.2) is 0 Å². The van der Waals surface area contributed by atoms with Crippen molar-refractivity contribution >= 4 is 11.9 Å². The van der Waals surface area contributed by atoms with Crippen LogP contribution in [0.5, 0.6) is 0 Å². The Bertz CT molecular complexity index is 244. The van der Waals surface area contributed by atoms with Gasteiger partial charge in [-0.2, -0.15) is 0 Å². The molecule has 132 valence electrons. The van der Waals surface area contributed by atoms with E-state index < -0.39 is 11.9 Å². The molecule has 0 fully saturated rings. The summed E-state index contributed by atoms with van der Waals surface area (Å²) in [5.41, 5.74) is 0.